The molecule has 4 rings (SSSR count). The molecule has 0 bridgehead atoms. The molecule has 0 saturated carbocycles. The van der Waals surface area contributed by atoms with Gasteiger partial charge < -0.3 is 15.4 Å². The third-order valence-corrected chi connectivity index (χ3v) is 5.66. The monoisotopic (exact) mass is 415 g/mol. The molecule has 1 saturated heterocycles. The number of carbonyl (C=O) groups is 2. The van der Waals surface area contributed by atoms with Gasteiger partial charge in [0.2, 0.25) is 0 Å². The molecule has 0 aliphatic carbocycles. The van der Waals surface area contributed by atoms with E-state index in [1.54, 1.807) is 17.0 Å². The molecule has 158 valence electrons. The normalized spacial score (nSPS) is 16.0. The number of rotatable bonds is 5. The lowest BCUT2D eigenvalue weighted by Gasteiger charge is -2.32. The molecule has 6 nitrogen and oxygen atoms in total. The van der Waals surface area contributed by atoms with Gasteiger partial charge in [0, 0.05) is 37.3 Å². The standard InChI is InChI=1S/C25H25N3O3/c29-24(22-10-8-21(9-11-22)20-6-2-1-3-7-20)26-17-19-5-4-14-27(18-19)25(30)23-12-15-28(31)16-13-23/h1-3,6-13,15-16,19H,4-5,14,17-18H2,(H,26,29)/t19-/m0/s1. The number of likely N-dealkylation sites (tertiary alicyclic amines) is 1. The van der Waals surface area contributed by atoms with Gasteiger partial charge in [0.05, 0.1) is 5.56 Å². The van der Waals surface area contributed by atoms with Crippen molar-refractivity contribution in [3.05, 3.63) is 95.5 Å². The first-order valence-corrected chi connectivity index (χ1v) is 10.5. The van der Waals surface area contributed by atoms with Crippen LogP contribution in [0.3, 0.4) is 0 Å². The third-order valence-electron chi connectivity index (χ3n) is 5.66. The molecule has 1 N–H and O–H groups in total. The van der Waals surface area contributed by atoms with Crippen LogP contribution in [0.2, 0.25) is 0 Å². The summed E-state index contributed by atoms with van der Waals surface area (Å²) in [7, 11) is 0. The number of hydrogen-bond acceptors (Lipinski definition) is 3. The maximum absolute atomic E-state index is 12.7. The van der Waals surface area contributed by atoms with Crippen LogP contribution in [-0.4, -0.2) is 36.3 Å². The number of nitrogens with zero attached hydrogens (tertiary/aromatic N) is 2. The molecule has 31 heavy (non-hydrogen) atoms. The predicted octanol–water partition coefficient (Wildman–Crippen LogP) is 3.27. The van der Waals surface area contributed by atoms with Crippen LogP contribution in [-0.2, 0) is 0 Å². The van der Waals surface area contributed by atoms with E-state index in [-0.39, 0.29) is 17.7 Å². The van der Waals surface area contributed by atoms with E-state index < -0.39 is 0 Å². The quantitative estimate of drug-likeness (QED) is 0.513. The Kier molecular flexibility index (Phi) is 6.26. The Labute approximate surface area is 181 Å². The fraction of sp³-hybridized carbons (Fsp3) is 0.240. The second-order valence-corrected chi connectivity index (χ2v) is 7.86. The van der Waals surface area contributed by atoms with Crippen molar-refractivity contribution in [1.82, 2.24) is 10.2 Å². The Morgan fingerprint density at radius 1 is 0.935 bits per heavy atom. The number of carbonyl (C=O) groups excluding carboxylic acids is 2. The van der Waals surface area contributed by atoms with Crippen LogP contribution >= 0.6 is 0 Å². The number of aromatic nitrogens is 1. The number of benzene rings is 2. The number of piperidine rings is 1. The van der Waals surface area contributed by atoms with Gasteiger partial charge in [-0.1, -0.05) is 42.5 Å². The van der Waals surface area contributed by atoms with Gasteiger partial charge in [-0.3, -0.25) is 9.59 Å². The van der Waals surface area contributed by atoms with Gasteiger partial charge in [-0.2, -0.15) is 4.73 Å². The summed E-state index contributed by atoms with van der Waals surface area (Å²) in [6, 6.07) is 20.7. The van der Waals surface area contributed by atoms with Crippen molar-refractivity contribution in [1.29, 1.82) is 0 Å². The van der Waals surface area contributed by atoms with Gasteiger partial charge in [-0.05, 0) is 42.0 Å². The summed E-state index contributed by atoms with van der Waals surface area (Å²) in [5.41, 5.74) is 3.32. The van der Waals surface area contributed by atoms with E-state index >= 15 is 0 Å². The Balaban J connectivity index is 1.31. The number of amides is 2. The molecule has 6 heteroatoms. The largest absolute Gasteiger partial charge is 0.619 e. The van der Waals surface area contributed by atoms with Crippen LogP contribution in [0, 0.1) is 11.1 Å². The first-order chi connectivity index (χ1) is 15.1. The smallest absolute Gasteiger partial charge is 0.254 e. The number of pyridine rings is 1. The average molecular weight is 415 g/mol. The molecule has 3 aromatic rings. The van der Waals surface area contributed by atoms with Gasteiger partial charge in [-0.25, -0.2) is 0 Å². The van der Waals surface area contributed by atoms with Crippen LogP contribution in [0.25, 0.3) is 11.1 Å². The van der Waals surface area contributed by atoms with Gasteiger partial charge in [0.25, 0.3) is 11.8 Å². The van der Waals surface area contributed by atoms with Crippen molar-refractivity contribution in [2.24, 2.45) is 5.92 Å². The molecule has 2 amide bonds. The highest BCUT2D eigenvalue weighted by Gasteiger charge is 2.25. The van der Waals surface area contributed by atoms with Gasteiger partial charge >= 0.3 is 0 Å². The summed E-state index contributed by atoms with van der Waals surface area (Å²) < 4.78 is 0.664. The van der Waals surface area contributed by atoms with Crippen LogP contribution in [0.5, 0.6) is 0 Å². The molecule has 0 radical (unpaired) electrons. The molecule has 2 aromatic carbocycles. The van der Waals surface area contributed by atoms with Crippen LogP contribution in [0.4, 0.5) is 0 Å². The maximum Gasteiger partial charge on any atom is 0.254 e. The Morgan fingerprint density at radius 2 is 1.61 bits per heavy atom. The summed E-state index contributed by atoms with van der Waals surface area (Å²) in [5, 5.41) is 14.2. The highest BCUT2D eigenvalue weighted by molar-refractivity contribution is 5.95. The van der Waals surface area contributed by atoms with E-state index in [0.717, 1.165) is 24.0 Å². The van der Waals surface area contributed by atoms with Crippen molar-refractivity contribution in [2.45, 2.75) is 12.8 Å². The highest BCUT2D eigenvalue weighted by atomic mass is 16.5. The molecule has 1 aromatic heterocycles. The lowest BCUT2D eigenvalue weighted by molar-refractivity contribution is -0.605. The predicted molar refractivity (Wildman–Crippen MR) is 118 cm³/mol. The zero-order valence-electron chi connectivity index (χ0n) is 17.2. The molecule has 2 heterocycles. The fourth-order valence-corrected chi connectivity index (χ4v) is 3.94. The van der Waals surface area contributed by atoms with E-state index in [1.807, 2.05) is 54.6 Å². The Morgan fingerprint density at radius 3 is 2.32 bits per heavy atom. The summed E-state index contributed by atoms with van der Waals surface area (Å²) in [6.45, 7) is 1.81. The maximum atomic E-state index is 12.7. The minimum atomic E-state index is -0.105. The van der Waals surface area contributed by atoms with Crippen molar-refractivity contribution in [3.8, 4) is 11.1 Å². The molecule has 0 spiro atoms. The summed E-state index contributed by atoms with van der Waals surface area (Å²) in [4.78, 5) is 27.1. The number of hydrogen-bond donors (Lipinski definition) is 1. The second-order valence-electron chi connectivity index (χ2n) is 7.86. The van der Waals surface area contributed by atoms with E-state index in [9.17, 15) is 14.8 Å². The minimum absolute atomic E-state index is 0.0758. The molecule has 1 fully saturated rings. The first kappa shape index (κ1) is 20.6. The zero-order chi connectivity index (χ0) is 21.6. The van der Waals surface area contributed by atoms with Gasteiger partial charge in [0.15, 0.2) is 12.4 Å². The Hall–Kier alpha value is -3.67. The topological polar surface area (TPSA) is 76.4 Å². The van der Waals surface area contributed by atoms with Crippen LogP contribution < -0.4 is 10.0 Å². The van der Waals surface area contributed by atoms with Crippen LogP contribution in [0.1, 0.15) is 33.6 Å². The van der Waals surface area contributed by atoms with Crippen molar-refractivity contribution in [2.75, 3.05) is 19.6 Å². The van der Waals surface area contributed by atoms with E-state index in [2.05, 4.69) is 5.32 Å². The summed E-state index contributed by atoms with van der Waals surface area (Å²) in [5.74, 6) is 0.0256. The SMILES string of the molecule is O=C(NC[C@@H]1CCCN(C(=O)c2cc[n+]([O-])cc2)C1)c1ccc(-c2ccccc2)cc1. The van der Waals surface area contributed by atoms with E-state index in [4.69, 9.17) is 0 Å². The Bertz CT molecular complexity index is 1030. The van der Waals surface area contributed by atoms with E-state index in [1.165, 1.54) is 12.4 Å². The fourth-order valence-electron chi connectivity index (χ4n) is 3.94. The summed E-state index contributed by atoms with van der Waals surface area (Å²) in [6.07, 6.45) is 4.52. The molecule has 1 aliphatic rings. The van der Waals surface area contributed by atoms with E-state index in [0.29, 0.717) is 35.5 Å². The van der Waals surface area contributed by atoms with Gasteiger partial charge in [-0.15, -0.1) is 0 Å². The lowest BCUT2D eigenvalue weighted by Crippen LogP contribution is -2.43. The third kappa shape index (κ3) is 5.09. The number of nitrogens with one attached hydrogen (secondary N) is 1. The molecule has 1 aliphatic heterocycles. The molecule has 1 atom stereocenters. The molecular weight excluding hydrogens is 390 g/mol. The summed E-state index contributed by atoms with van der Waals surface area (Å²) >= 11 is 0. The van der Waals surface area contributed by atoms with Crippen LogP contribution in [0.15, 0.2) is 79.1 Å². The van der Waals surface area contributed by atoms with Crippen molar-refractivity contribution in [3.63, 3.8) is 0 Å². The van der Waals surface area contributed by atoms with Crippen molar-refractivity contribution < 1.29 is 14.3 Å². The minimum Gasteiger partial charge on any atom is -0.619 e. The first-order valence-electron chi connectivity index (χ1n) is 10.5. The zero-order valence-corrected chi connectivity index (χ0v) is 17.2. The average Bonchev–Trinajstić information content (AvgIpc) is 2.83. The highest BCUT2D eigenvalue weighted by Crippen LogP contribution is 2.20. The molecule has 0 unspecified atom stereocenters. The molecular formula is C25H25N3O3. The van der Waals surface area contributed by atoms with Crippen molar-refractivity contribution >= 4 is 11.8 Å². The lowest BCUT2D eigenvalue weighted by atomic mass is 9.97. The second kappa shape index (κ2) is 9.43. The van der Waals surface area contributed by atoms with Gasteiger partial charge in [0.1, 0.15) is 0 Å².